The number of anilines is 1. The van der Waals surface area contributed by atoms with Gasteiger partial charge in [0.2, 0.25) is 5.67 Å². The van der Waals surface area contributed by atoms with E-state index < -0.39 is 43.7 Å². The highest BCUT2D eigenvalue weighted by atomic mass is 35.5. The molecular weight excluding hydrogens is 392 g/mol. The van der Waals surface area contributed by atoms with E-state index in [1.807, 2.05) is 5.38 Å². The molecule has 3 heterocycles. The van der Waals surface area contributed by atoms with Gasteiger partial charge >= 0.3 is 13.5 Å². The van der Waals surface area contributed by atoms with Gasteiger partial charge in [-0.1, -0.05) is 0 Å². The first-order valence-electron chi connectivity index (χ1n) is 7.62. The number of phosphoric acid groups is 1. The number of nitrogens with two attached hydrogens (primary N) is 1. The van der Waals surface area contributed by atoms with E-state index in [0.29, 0.717) is 0 Å². The molecule has 0 aromatic carbocycles. The van der Waals surface area contributed by atoms with Gasteiger partial charge in [-0.15, -0.1) is 0 Å². The van der Waals surface area contributed by atoms with Crippen LogP contribution in [-0.4, -0.2) is 40.1 Å². The van der Waals surface area contributed by atoms with Gasteiger partial charge < -0.3 is 10.5 Å². The lowest BCUT2D eigenvalue weighted by Gasteiger charge is -2.33. The Hall–Kier alpha value is -1.47. The molecule has 0 amide bonds. The van der Waals surface area contributed by atoms with Crippen molar-refractivity contribution in [1.29, 1.82) is 0 Å². The monoisotopic (exact) mass is 407 g/mol. The summed E-state index contributed by atoms with van der Waals surface area (Å²) in [6, 6.07) is 1.30. The van der Waals surface area contributed by atoms with Gasteiger partial charge in [0.15, 0.2) is 6.23 Å². The molecule has 9 nitrogen and oxygen atoms in total. The van der Waals surface area contributed by atoms with E-state index in [9.17, 15) is 9.36 Å². The second-order valence-corrected chi connectivity index (χ2v) is 7.74. The Morgan fingerprint density at radius 1 is 1.62 bits per heavy atom. The fraction of sp³-hybridized carbons (Fsp3) is 0.571. The van der Waals surface area contributed by atoms with E-state index in [1.165, 1.54) is 12.3 Å². The fourth-order valence-electron chi connectivity index (χ4n) is 2.74. The lowest BCUT2D eigenvalue weighted by Crippen LogP contribution is -2.47. The van der Waals surface area contributed by atoms with E-state index in [4.69, 9.17) is 35.6 Å². The summed E-state index contributed by atoms with van der Waals surface area (Å²) in [6.07, 6.45) is -3.29. The molecule has 0 aliphatic carbocycles. The van der Waals surface area contributed by atoms with Gasteiger partial charge in [0.25, 0.3) is 0 Å². The molecule has 1 aromatic heterocycles. The second kappa shape index (κ2) is 6.93. The maximum Gasteiger partial charge on any atom is 0.475 e. The van der Waals surface area contributed by atoms with Crippen LogP contribution in [-0.2, 0) is 22.9 Å². The molecule has 12 heteroatoms. The summed E-state index contributed by atoms with van der Waals surface area (Å²) in [5, 5.41) is 1.94. The van der Waals surface area contributed by atoms with Crippen molar-refractivity contribution in [2.45, 2.75) is 44.1 Å². The summed E-state index contributed by atoms with van der Waals surface area (Å²) in [7, 11) is -4.03. The number of hydrogen-bond donors (Lipinski definition) is 1. The average Bonchev–Trinajstić information content (AvgIpc) is 2.79. The highest BCUT2D eigenvalue weighted by Gasteiger charge is 2.64. The number of alkyl halides is 1. The zero-order valence-corrected chi connectivity index (χ0v) is 15.4. The van der Waals surface area contributed by atoms with Crippen molar-refractivity contribution in [3.05, 3.63) is 22.7 Å². The molecule has 1 aromatic rings. The number of phosphoric ester groups is 1. The van der Waals surface area contributed by atoms with E-state index in [-0.39, 0.29) is 12.4 Å². The standard InChI is InChI=1S/C14H16ClFN3O6P/c1-8(2)24-26(21)22-7-9-11(25-26)14(16,4-5-15)12(23-9)19-6-3-10(17)18-13(19)20/h3,6,8-9,11-12H,7H2,1-2H3,(H2,17,18,20)/t9-,11-,12-,14-,26?/m1/s1. The van der Waals surface area contributed by atoms with E-state index in [0.717, 1.165) is 4.57 Å². The normalized spacial score (nSPS) is 36.4. The number of fused-ring (bicyclic) bond motifs is 1. The average molecular weight is 408 g/mol. The van der Waals surface area contributed by atoms with Gasteiger partial charge in [-0.05, 0) is 37.4 Å². The zero-order chi connectivity index (χ0) is 19.1. The lowest BCUT2D eigenvalue weighted by molar-refractivity contribution is -0.0748. The predicted octanol–water partition coefficient (Wildman–Crippen LogP) is 1.58. The molecule has 0 radical (unpaired) electrons. The topological polar surface area (TPSA) is 115 Å². The number of hydrogen-bond acceptors (Lipinski definition) is 8. The summed E-state index contributed by atoms with van der Waals surface area (Å²) in [5.41, 5.74) is 1.99. The molecule has 3 rings (SSSR count). The first-order chi connectivity index (χ1) is 12.2. The third-order valence-corrected chi connectivity index (χ3v) is 5.46. The maximum absolute atomic E-state index is 15.8. The van der Waals surface area contributed by atoms with E-state index >= 15 is 4.39 Å². The number of rotatable bonds is 3. The second-order valence-electron chi connectivity index (χ2n) is 5.98. The highest BCUT2D eigenvalue weighted by Crippen LogP contribution is 2.59. The number of halogens is 2. The van der Waals surface area contributed by atoms with Crippen LogP contribution in [0.2, 0.25) is 0 Å². The number of aromatic nitrogens is 2. The van der Waals surface area contributed by atoms with Crippen molar-refractivity contribution in [2.24, 2.45) is 0 Å². The Bertz CT molecular complexity index is 870. The minimum absolute atomic E-state index is 0.0380. The molecule has 0 bridgehead atoms. The molecule has 2 fully saturated rings. The Morgan fingerprint density at radius 3 is 2.96 bits per heavy atom. The van der Waals surface area contributed by atoms with Crippen LogP contribution in [0, 0.1) is 11.3 Å². The number of nitrogen functional groups attached to an aromatic ring is 1. The molecule has 0 saturated carbocycles. The van der Waals surface area contributed by atoms with Gasteiger partial charge in [-0.3, -0.25) is 18.1 Å². The van der Waals surface area contributed by atoms with Crippen LogP contribution >= 0.6 is 19.4 Å². The van der Waals surface area contributed by atoms with Gasteiger partial charge in [0.1, 0.15) is 18.0 Å². The smallest absolute Gasteiger partial charge is 0.383 e. The van der Waals surface area contributed by atoms with Crippen LogP contribution in [0.25, 0.3) is 0 Å². The van der Waals surface area contributed by atoms with Crippen LogP contribution in [0.4, 0.5) is 10.2 Å². The summed E-state index contributed by atoms with van der Waals surface area (Å²) >= 11 is 5.41. The molecule has 142 valence electrons. The van der Waals surface area contributed by atoms with Crippen LogP contribution in [0.5, 0.6) is 0 Å². The van der Waals surface area contributed by atoms with Crippen molar-refractivity contribution in [3.8, 4) is 11.3 Å². The zero-order valence-electron chi connectivity index (χ0n) is 13.8. The van der Waals surface area contributed by atoms with Crippen molar-refractivity contribution >= 4 is 25.2 Å². The van der Waals surface area contributed by atoms with Gasteiger partial charge in [-0.2, -0.15) is 4.98 Å². The van der Waals surface area contributed by atoms with Crippen LogP contribution in [0.15, 0.2) is 17.1 Å². The molecular formula is C14H16ClFN3O6P. The largest absolute Gasteiger partial charge is 0.475 e. The molecule has 2 aliphatic heterocycles. The Morgan fingerprint density at radius 2 is 2.35 bits per heavy atom. The molecule has 2 N–H and O–H groups in total. The SMILES string of the molecule is CC(C)OP1(=O)OC[C@H]2O[C@@H](n3ccc(N)nc3=O)[C@@](F)(C#CCl)[C@@H]2O1. The molecule has 2 saturated heterocycles. The van der Waals surface area contributed by atoms with Crippen molar-refractivity contribution < 1.29 is 27.3 Å². The molecule has 1 unspecified atom stereocenters. The van der Waals surface area contributed by atoms with Crippen LogP contribution in [0.3, 0.4) is 0 Å². The summed E-state index contributed by atoms with van der Waals surface area (Å²) in [6.45, 7) is 2.96. The minimum Gasteiger partial charge on any atom is -0.383 e. The first-order valence-corrected chi connectivity index (χ1v) is 9.45. The fourth-order valence-corrected chi connectivity index (χ4v) is 4.47. The Labute approximate surface area is 153 Å². The van der Waals surface area contributed by atoms with Gasteiger partial charge in [0, 0.05) is 11.6 Å². The first kappa shape index (κ1) is 19.3. The van der Waals surface area contributed by atoms with E-state index in [2.05, 4.69) is 10.9 Å². The number of ether oxygens (including phenoxy) is 1. The molecule has 2 aliphatic rings. The van der Waals surface area contributed by atoms with Crippen LogP contribution < -0.4 is 11.4 Å². The summed E-state index contributed by atoms with van der Waals surface area (Å²) in [4.78, 5) is 15.6. The van der Waals surface area contributed by atoms with Crippen molar-refractivity contribution in [1.82, 2.24) is 9.55 Å². The Kier molecular flexibility index (Phi) is 5.14. The third-order valence-electron chi connectivity index (χ3n) is 3.74. The summed E-state index contributed by atoms with van der Waals surface area (Å²) < 4.78 is 50.3. The van der Waals surface area contributed by atoms with Crippen molar-refractivity contribution in [3.63, 3.8) is 0 Å². The lowest BCUT2D eigenvalue weighted by atomic mass is 9.97. The van der Waals surface area contributed by atoms with Crippen molar-refractivity contribution in [2.75, 3.05) is 12.3 Å². The van der Waals surface area contributed by atoms with Gasteiger partial charge in [-0.25, -0.2) is 13.8 Å². The highest BCUT2D eigenvalue weighted by molar-refractivity contribution is 7.48. The third kappa shape index (κ3) is 3.39. The summed E-state index contributed by atoms with van der Waals surface area (Å²) in [5.74, 6) is 2.11. The van der Waals surface area contributed by atoms with Gasteiger partial charge in [0.05, 0.1) is 12.7 Å². The molecule has 26 heavy (non-hydrogen) atoms. The molecule has 0 spiro atoms. The van der Waals surface area contributed by atoms with Crippen LogP contribution in [0.1, 0.15) is 20.1 Å². The predicted molar refractivity (Wildman–Crippen MR) is 88.9 cm³/mol. The number of nitrogens with zero attached hydrogens (tertiary/aromatic N) is 2. The Balaban J connectivity index is 2.01. The maximum atomic E-state index is 15.8. The van der Waals surface area contributed by atoms with E-state index in [1.54, 1.807) is 13.8 Å². The molecule has 5 atom stereocenters. The minimum atomic E-state index is -4.03. The quantitative estimate of drug-likeness (QED) is 0.593.